The summed E-state index contributed by atoms with van der Waals surface area (Å²) in [5.74, 6) is 0. The van der Waals surface area contributed by atoms with E-state index in [1.165, 1.54) is 10.3 Å². The van der Waals surface area contributed by atoms with E-state index in [1.54, 1.807) is 23.1 Å². The molecule has 0 saturated carbocycles. The van der Waals surface area contributed by atoms with E-state index in [9.17, 15) is 0 Å². The number of nitrogens with zero attached hydrogens (tertiary/aromatic N) is 1. The van der Waals surface area contributed by atoms with Gasteiger partial charge in [-0.15, -0.1) is 11.3 Å². The Morgan fingerprint density at radius 1 is 1.15 bits per heavy atom. The molecule has 2 aromatic carbocycles. The Morgan fingerprint density at radius 3 is 2.70 bits per heavy atom. The Hall–Kier alpha value is -1.52. The fourth-order valence-corrected chi connectivity index (χ4v) is 3.68. The molecule has 1 N–H and O–H groups in total. The molecule has 0 bridgehead atoms. The van der Waals surface area contributed by atoms with Crippen LogP contribution in [0.25, 0.3) is 10.2 Å². The highest BCUT2D eigenvalue weighted by Gasteiger charge is 2.07. The normalized spacial score (nSPS) is 12.5. The first kappa shape index (κ1) is 13.5. The summed E-state index contributed by atoms with van der Waals surface area (Å²) < 4.78 is 2.35. The molecule has 1 heterocycles. The molecule has 0 aliphatic heterocycles. The van der Waals surface area contributed by atoms with Crippen LogP contribution in [0.15, 0.2) is 52.9 Å². The molecule has 3 rings (SSSR count). The summed E-state index contributed by atoms with van der Waals surface area (Å²) in [6.45, 7) is 2.18. The lowest BCUT2D eigenvalue weighted by Crippen LogP contribution is -2.05. The topological polar surface area (TPSA) is 24.9 Å². The lowest BCUT2D eigenvalue weighted by Gasteiger charge is -2.15. The van der Waals surface area contributed by atoms with Crippen molar-refractivity contribution >= 4 is 39.0 Å². The predicted molar refractivity (Wildman–Crippen MR) is 89.9 cm³/mol. The summed E-state index contributed by atoms with van der Waals surface area (Å²) in [5.41, 5.74) is 3.52. The SMILES string of the molecule is CSc1nc2ccc(NC(C)c3ccccc3)cc2s1. The highest BCUT2D eigenvalue weighted by molar-refractivity contribution is 8.00. The largest absolute Gasteiger partial charge is 0.378 e. The number of thioether (sulfide) groups is 1. The van der Waals surface area contributed by atoms with E-state index in [1.807, 2.05) is 6.07 Å². The fourth-order valence-electron chi connectivity index (χ4n) is 2.16. The minimum atomic E-state index is 0.293. The number of anilines is 1. The molecule has 4 heteroatoms. The maximum Gasteiger partial charge on any atom is 0.150 e. The van der Waals surface area contributed by atoms with Crippen molar-refractivity contribution in [3.05, 3.63) is 54.1 Å². The standard InChI is InChI=1S/C16H16N2S2/c1-11(12-6-4-3-5-7-12)17-13-8-9-14-15(10-13)20-16(18-14)19-2/h3-11,17H,1-2H3. The summed E-state index contributed by atoms with van der Waals surface area (Å²) in [4.78, 5) is 4.56. The molecular formula is C16H16N2S2. The van der Waals surface area contributed by atoms with Gasteiger partial charge in [0.25, 0.3) is 0 Å². The number of thiazole rings is 1. The molecule has 1 atom stereocenters. The van der Waals surface area contributed by atoms with Crippen LogP contribution in [0.4, 0.5) is 5.69 Å². The van der Waals surface area contributed by atoms with Gasteiger partial charge in [0.1, 0.15) is 0 Å². The second-order valence-electron chi connectivity index (χ2n) is 4.64. The second kappa shape index (κ2) is 5.85. The van der Waals surface area contributed by atoms with E-state index in [0.29, 0.717) is 6.04 Å². The first-order valence-corrected chi connectivity index (χ1v) is 8.56. The lowest BCUT2D eigenvalue weighted by atomic mass is 10.1. The molecule has 0 fully saturated rings. The maximum absolute atomic E-state index is 4.56. The van der Waals surface area contributed by atoms with Crippen molar-refractivity contribution in [2.45, 2.75) is 17.3 Å². The van der Waals surface area contributed by atoms with Crippen molar-refractivity contribution in [2.24, 2.45) is 0 Å². The van der Waals surface area contributed by atoms with Gasteiger partial charge in [-0.05, 0) is 36.9 Å². The maximum atomic E-state index is 4.56. The zero-order valence-electron chi connectivity index (χ0n) is 11.5. The highest BCUT2D eigenvalue weighted by atomic mass is 32.2. The average molecular weight is 300 g/mol. The first-order valence-electron chi connectivity index (χ1n) is 6.52. The van der Waals surface area contributed by atoms with Gasteiger partial charge >= 0.3 is 0 Å². The van der Waals surface area contributed by atoms with Crippen molar-refractivity contribution in [2.75, 3.05) is 11.6 Å². The Bertz CT molecular complexity index is 707. The molecule has 20 heavy (non-hydrogen) atoms. The van der Waals surface area contributed by atoms with Gasteiger partial charge in [0.2, 0.25) is 0 Å². The van der Waals surface area contributed by atoms with Gasteiger partial charge in [0.05, 0.1) is 10.2 Å². The van der Waals surface area contributed by atoms with E-state index >= 15 is 0 Å². The molecule has 1 unspecified atom stereocenters. The second-order valence-corrected chi connectivity index (χ2v) is 6.73. The van der Waals surface area contributed by atoms with Crippen LogP contribution in [0.2, 0.25) is 0 Å². The average Bonchev–Trinajstić information content (AvgIpc) is 2.90. The van der Waals surface area contributed by atoms with Gasteiger partial charge in [0.15, 0.2) is 4.34 Å². The number of aromatic nitrogens is 1. The smallest absolute Gasteiger partial charge is 0.150 e. The Labute approximate surface area is 127 Å². The molecular weight excluding hydrogens is 284 g/mol. The Kier molecular flexibility index (Phi) is 3.94. The van der Waals surface area contributed by atoms with Crippen molar-refractivity contribution < 1.29 is 0 Å². The molecule has 0 saturated heterocycles. The van der Waals surface area contributed by atoms with Crippen LogP contribution in [0, 0.1) is 0 Å². The monoisotopic (exact) mass is 300 g/mol. The highest BCUT2D eigenvalue weighted by Crippen LogP contribution is 2.31. The Balaban J connectivity index is 1.83. The molecule has 0 amide bonds. The third-order valence-electron chi connectivity index (χ3n) is 3.23. The van der Waals surface area contributed by atoms with Crippen LogP contribution in [-0.2, 0) is 0 Å². The van der Waals surface area contributed by atoms with Crippen LogP contribution in [0.1, 0.15) is 18.5 Å². The fraction of sp³-hybridized carbons (Fsp3) is 0.188. The Morgan fingerprint density at radius 2 is 1.95 bits per heavy atom. The number of hydrogen-bond donors (Lipinski definition) is 1. The molecule has 0 radical (unpaired) electrons. The van der Waals surface area contributed by atoms with Crippen LogP contribution < -0.4 is 5.32 Å². The van der Waals surface area contributed by atoms with Gasteiger partial charge in [-0.3, -0.25) is 0 Å². The summed E-state index contributed by atoms with van der Waals surface area (Å²) >= 11 is 3.44. The van der Waals surface area contributed by atoms with Gasteiger partial charge in [-0.25, -0.2) is 4.98 Å². The van der Waals surface area contributed by atoms with Gasteiger partial charge in [-0.1, -0.05) is 42.1 Å². The van der Waals surface area contributed by atoms with Crippen molar-refractivity contribution in [3.63, 3.8) is 0 Å². The van der Waals surface area contributed by atoms with Crippen molar-refractivity contribution in [3.8, 4) is 0 Å². The predicted octanol–water partition coefficient (Wildman–Crippen LogP) is 5.19. The van der Waals surface area contributed by atoms with Crippen LogP contribution in [0.3, 0.4) is 0 Å². The molecule has 0 spiro atoms. The first-order chi connectivity index (χ1) is 9.76. The quantitative estimate of drug-likeness (QED) is 0.671. The van der Waals surface area contributed by atoms with Crippen molar-refractivity contribution in [1.82, 2.24) is 4.98 Å². The van der Waals surface area contributed by atoms with E-state index < -0.39 is 0 Å². The summed E-state index contributed by atoms with van der Waals surface area (Å²) in [6, 6.07) is 17.2. The van der Waals surface area contributed by atoms with E-state index in [2.05, 4.69) is 65.9 Å². The number of benzene rings is 2. The summed E-state index contributed by atoms with van der Waals surface area (Å²) in [5, 5.41) is 3.55. The van der Waals surface area contributed by atoms with Crippen LogP contribution in [0.5, 0.6) is 0 Å². The molecule has 0 aliphatic rings. The van der Waals surface area contributed by atoms with Gasteiger partial charge in [0, 0.05) is 11.7 Å². The van der Waals surface area contributed by atoms with Crippen molar-refractivity contribution in [1.29, 1.82) is 0 Å². The van der Waals surface area contributed by atoms with Gasteiger partial charge < -0.3 is 5.32 Å². The lowest BCUT2D eigenvalue weighted by molar-refractivity contribution is 0.885. The summed E-state index contributed by atoms with van der Waals surface area (Å²) in [6.07, 6.45) is 2.06. The number of fused-ring (bicyclic) bond motifs is 1. The number of hydrogen-bond acceptors (Lipinski definition) is 4. The zero-order chi connectivity index (χ0) is 13.9. The van der Waals surface area contributed by atoms with E-state index in [0.717, 1.165) is 15.5 Å². The zero-order valence-corrected chi connectivity index (χ0v) is 13.1. The van der Waals surface area contributed by atoms with E-state index in [-0.39, 0.29) is 0 Å². The van der Waals surface area contributed by atoms with Gasteiger partial charge in [-0.2, -0.15) is 0 Å². The number of rotatable bonds is 4. The molecule has 0 aliphatic carbocycles. The number of nitrogens with one attached hydrogen (secondary N) is 1. The van der Waals surface area contributed by atoms with Crippen LogP contribution >= 0.6 is 23.1 Å². The minimum absolute atomic E-state index is 0.293. The van der Waals surface area contributed by atoms with Crippen LogP contribution in [-0.4, -0.2) is 11.2 Å². The summed E-state index contributed by atoms with van der Waals surface area (Å²) in [7, 11) is 0. The molecule has 1 aromatic heterocycles. The molecule has 3 aromatic rings. The molecule has 102 valence electrons. The van der Waals surface area contributed by atoms with E-state index in [4.69, 9.17) is 0 Å². The third kappa shape index (κ3) is 2.81. The molecule has 2 nitrogen and oxygen atoms in total. The third-order valence-corrected chi connectivity index (χ3v) is 5.23. The minimum Gasteiger partial charge on any atom is -0.378 e.